The summed E-state index contributed by atoms with van der Waals surface area (Å²) >= 11 is 6.01. The Hall–Kier alpha value is -2.11. The molecule has 0 aliphatic heterocycles. The summed E-state index contributed by atoms with van der Waals surface area (Å²) in [6, 6.07) is 10.4. The number of anilines is 2. The van der Waals surface area contributed by atoms with Crippen LogP contribution in [0.2, 0.25) is 5.02 Å². The number of nitrogens with one attached hydrogen (secondary N) is 1. The molecule has 0 aromatic heterocycles. The van der Waals surface area contributed by atoms with Crippen LogP contribution in [0.3, 0.4) is 0 Å². The highest BCUT2D eigenvalue weighted by Crippen LogP contribution is 2.30. The second kappa shape index (κ2) is 9.01. The molecular formula is C19H22Cl2N2O3. The van der Waals surface area contributed by atoms with Crippen molar-refractivity contribution in [3.63, 3.8) is 0 Å². The molecule has 140 valence electrons. The fourth-order valence-electron chi connectivity index (χ4n) is 2.93. The molecule has 0 spiro atoms. The summed E-state index contributed by atoms with van der Waals surface area (Å²) in [6.45, 7) is 0. The average Bonchev–Trinajstić information content (AvgIpc) is 3.11. The molecule has 5 nitrogen and oxygen atoms in total. The number of amides is 1. The van der Waals surface area contributed by atoms with Crippen molar-refractivity contribution in [1.29, 1.82) is 0 Å². The maximum atomic E-state index is 12.5. The van der Waals surface area contributed by atoms with Crippen molar-refractivity contribution >= 4 is 41.3 Å². The average molecular weight is 397 g/mol. The molecule has 2 aromatic rings. The van der Waals surface area contributed by atoms with Crippen LogP contribution in [0.15, 0.2) is 36.4 Å². The van der Waals surface area contributed by atoms with Gasteiger partial charge in [0.05, 0.1) is 29.5 Å². The number of halogens is 2. The molecule has 3 rings (SSSR count). The van der Waals surface area contributed by atoms with Crippen molar-refractivity contribution < 1.29 is 14.3 Å². The minimum Gasteiger partial charge on any atom is -0.496 e. The van der Waals surface area contributed by atoms with Gasteiger partial charge in [0.15, 0.2) is 0 Å². The Labute approximate surface area is 164 Å². The van der Waals surface area contributed by atoms with Gasteiger partial charge in [-0.25, -0.2) is 0 Å². The van der Waals surface area contributed by atoms with E-state index in [4.69, 9.17) is 26.8 Å². The van der Waals surface area contributed by atoms with Gasteiger partial charge in [-0.1, -0.05) is 11.6 Å². The topological polar surface area (TPSA) is 73.6 Å². The zero-order valence-corrected chi connectivity index (χ0v) is 16.0. The van der Waals surface area contributed by atoms with Crippen molar-refractivity contribution in [2.24, 2.45) is 0 Å². The zero-order chi connectivity index (χ0) is 17.8. The van der Waals surface area contributed by atoms with E-state index < -0.39 is 0 Å². The van der Waals surface area contributed by atoms with E-state index in [-0.39, 0.29) is 18.3 Å². The first-order valence-corrected chi connectivity index (χ1v) is 8.65. The molecule has 0 atom stereocenters. The fourth-order valence-corrected chi connectivity index (χ4v) is 3.09. The van der Waals surface area contributed by atoms with Crippen molar-refractivity contribution in [3.8, 4) is 11.5 Å². The summed E-state index contributed by atoms with van der Waals surface area (Å²) in [5.41, 5.74) is 7.10. The van der Waals surface area contributed by atoms with Gasteiger partial charge in [-0.2, -0.15) is 0 Å². The van der Waals surface area contributed by atoms with Crippen molar-refractivity contribution in [3.05, 3.63) is 47.0 Å². The maximum absolute atomic E-state index is 12.5. The minimum atomic E-state index is -0.316. The third-order valence-corrected chi connectivity index (χ3v) is 4.61. The van der Waals surface area contributed by atoms with Gasteiger partial charge in [0, 0.05) is 11.8 Å². The molecule has 3 N–H and O–H groups in total. The minimum absolute atomic E-state index is 0. The van der Waals surface area contributed by atoms with E-state index in [1.807, 2.05) is 24.3 Å². The summed E-state index contributed by atoms with van der Waals surface area (Å²) in [5, 5.41) is 3.14. The summed E-state index contributed by atoms with van der Waals surface area (Å²) in [5.74, 6) is 0.877. The number of carbonyl (C=O) groups is 1. The SMILES string of the molecule is COc1cc(N)c(Cl)cc1C(=O)Nc1ccc(OC2CCCC2)cc1.Cl. The predicted molar refractivity (Wildman–Crippen MR) is 107 cm³/mol. The molecule has 1 saturated carbocycles. The van der Waals surface area contributed by atoms with Crippen LogP contribution in [0.1, 0.15) is 36.0 Å². The van der Waals surface area contributed by atoms with Crippen molar-refractivity contribution in [1.82, 2.24) is 0 Å². The van der Waals surface area contributed by atoms with Gasteiger partial charge in [0.25, 0.3) is 5.91 Å². The van der Waals surface area contributed by atoms with Crippen LogP contribution in [0.25, 0.3) is 0 Å². The first-order chi connectivity index (χ1) is 12.1. The number of nitrogen functional groups attached to an aromatic ring is 1. The highest BCUT2D eigenvalue weighted by Gasteiger charge is 2.17. The summed E-state index contributed by atoms with van der Waals surface area (Å²) < 4.78 is 11.1. The molecule has 26 heavy (non-hydrogen) atoms. The maximum Gasteiger partial charge on any atom is 0.259 e. The van der Waals surface area contributed by atoms with E-state index >= 15 is 0 Å². The van der Waals surface area contributed by atoms with E-state index in [1.165, 1.54) is 32.1 Å². The second-order valence-corrected chi connectivity index (χ2v) is 6.48. The van der Waals surface area contributed by atoms with Crippen LogP contribution < -0.4 is 20.5 Å². The lowest BCUT2D eigenvalue weighted by Crippen LogP contribution is -2.14. The van der Waals surface area contributed by atoms with Crippen molar-refractivity contribution in [2.45, 2.75) is 31.8 Å². The number of ether oxygens (including phenoxy) is 2. The number of hydrogen-bond acceptors (Lipinski definition) is 4. The molecule has 1 aliphatic rings. The van der Waals surface area contributed by atoms with Crippen LogP contribution in [0.4, 0.5) is 11.4 Å². The van der Waals surface area contributed by atoms with Gasteiger partial charge in [0.2, 0.25) is 0 Å². The van der Waals surface area contributed by atoms with E-state index in [0.29, 0.717) is 33.8 Å². The summed E-state index contributed by atoms with van der Waals surface area (Å²) in [7, 11) is 1.48. The molecule has 0 unspecified atom stereocenters. The number of carbonyl (C=O) groups excluding carboxylic acids is 1. The van der Waals surface area contributed by atoms with Gasteiger partial charge in [-0.3, -0.25) is 4.79 Å². The third kappa shape index (κ3) is 4.74. The highest BCUT2D eigenvalue weighted by molar-refractivity contribution is 6.33. The first-order valence-electron chi connectivity index (χ1n) is 8.28. The third-order valence-electron chi connectivity index (χ3n) is 4.28. The standard InChI is InChI=1S/C19H21ClN2O3.ClH/c1-24-18-11-17(21)16(20)10-15(18)19(23)22-12-6-8-14(9-7-12)25-13-4-2-3-5-13;/h6-11,13H,2-5,21H2,1H3,(H,22,23);1H. The lowest BCUT2D eigenvalue weighted by Gasteiger charge is -2.14. The van der Waals surface area contributed by atoms with E-state index in [9.17, 15) is 4.79 Å². The number of methoxy groups -OCH3 is 1. The van der Waals surface area contributed by atoms with Crippen LogP contribution in [-0.2, 0) is 0 Å². The van der Waals surface area contributed by atoms with Crippen LogP contribution in [0, 0.1) is 0 Å². The van der Waals surface area contributed by atoms with E-state index in [0.717, 1.165) is 18.6 Å². The highest BCUT2D eigenvalue weighted by atomic mass is 35.5. The van der Waals surface area contributed by atoms with Crippen molar-refractivity contribution in [2.75, 3.05) is 18.2 Å². The molecule has 0 bridgehead atoms. The Morgan fingerprint density at radius 3 is 2.46 bits per heavy atom. The van der Waals surface area contributed by atoms with Crippen LogP contribution in [-0.4, -0.2) is 19.1 Å². The number of benzene rings is 2. The molecular weight excluding hydrogens is 375 g/mol. The molecule has 2 aromatic carbocycles. The quantitative estimate of drug-likeness (QED) is 0.702. The van der Waals surface area contributed by atoms with Gasteiger partial charge < -0.3 is 20.5 Å². The van der Waals surface area contributed by atoms with Gasteiger partial charge in [-0.15, -0.1) is 12.4 Å². The zero-order valence-electron chi connectivity index (χ0n) is 14.5. The Bertz CT molecular complexity index is 760. The Balaban J connectivity index is 0.00000243. The lowest BCUT2D eigenvalue weighted by molar-refractivity contribution is 0.102. The number of nitrogens with two attached hydrogens (primary N) is 1. The lowest BCUT2D eigenvalue weighted by atomic mass is 10.1. The Kier molecular flexibility index (Phi) is 7.00. The van der Waals surface area contributed by atoms with E-state index in [2.05, 4.69) is 5.32 Å². The van der Waals surface area contributed by atoms with Gasteiger partial charge >= 0.3 is 0 Å². The Morgan fingerprint density at radius 1 is 1.19 bits per heavy atom. The van der Waals surface area contributed by atoms with E-state index in [1.54, 1.807) is 0 Å². The normalized spacial score (nSPS) is 13.8. The van der Waals surface area contributed by atoms with Crippen LogP contribution >= 0.6 is 24.0 Å². The molecule has 1 aliphatic carbocycles. The molecule has 0 saturated heterocycles. The first kappa shape index (κ1) is 20.2. The number of hydrogen-bond donors (Lipinski definition) is 2. The second-order valence-electron chi connectivity index (χ2n) is 6.08. The van der Waals surface area contributed by atoms with Crippen LogP contribution in [0.5, 0.6) is 11.5 Å². The molecule has 0 heterocycles. The summed E-state index contributed by atoms with van der Waals surface area (Å²) in [6.07, 6.45) is 4.98. The van der Waals surface area contributed by atoms with Gasteiger partial charge in [-0.05, 0) is 56.0 Å². The molecule has 1 fully saturated rings. The molecule has 0 radical (unpaired) electrons. The molecule has 1 amide bonds. The molecule has 7 heteroatoms. The predicted octanol–water partition coefficient (Wildman–Crippen LogP) is 4.93. The monoisotopic (exact) mass is 396 g/mol. The Morgan fingerprint density at radius 2 is 1.85 bits per heavy atom. The number of rotatable bonds is 5. The smallest absolute Gasteiger partial charge is 0.259 e. The largest absolute Gasteiger partial charge is 0.496 e. The summed E-state index contributed by atoms with van der Waals surface area (Å²) in [4.78, 5) is 12.5. The fraction of sp³-hybridized carbons (Fsp3) is 0.316. The van der Waals surface area contributed by atoms with Gasteiger partial charge in [0.1, 0.15) is 11.5 Å².